The first-order chi connectivity index (χ1) is 5.39. The van der Waals surface area contributed by atoms with E-state index in [4.69, 9.17) is 0 Å². The molecule has 0 aliphatic carbocycles. The number of carbonyl (C=O) groups excluding carboxylic acids is 2. The quantitative estimate of drug-likeness (QED) is 0.345. The Bertz CT molecular complexity index is 300. The van der Waals surface area contributed by atoms with Gasteiger partial charge in [-0.25, -0.2) is 4.79 Å². The molecule has 68 valence electrons. The third kappa shape index (κ3) is 3.87. The summed E-state index contributed by atoms with van der Waals surface area (Å²) in [5.74, 6) is -1.87. The van der Waals surface area contributed by atoms with Crippen LogP contribution in [0, 0.1) is 0 Å². The molecule has 0 bridgehead atoms. The van der Waals surface area contributed by atoms with Crippen molar-refractivity contribution in [1.82, 2.24) is 0 Å². The molecule has 0 amide bonds. The molecule has 5 nitrogen and oxygen atoms in total. The first-order valence-corrected chi connectivity index (χ1v) is 4.52. The van der Waals surface area contributed by atoms with Gasteiger partial charge in [0.1, 0.15) is 12.0 Å². The van der Waals surface area contributed by atoms with Gasteiger partial charge in [-0.1, -0.05) is 6.58 Å². The van der Waals surface area contributed by atoms with Crippen molar-refractivity contribution in [3.05, 3.63) is 12.2 Å². The van der Waals surface area contributed by atoms with Gasteiger partial charge < -0.3 is 8.98 Å². The highest BCUT2D eigenvalue weighted by molar-refractivity contribution is 7.87. The Morgan fingerprint density at radius 2 is 2.08 bits per heavy atom. The first kappa shape index (κ1) is 10.8. The zero-order valence-electron chi connectivity index (χ0n) is 6.44. The normalized spacial score (nSPS) is 10.4. The maximum absolute atomic E-state index is 10.6. The average Bonchev–Trinajstić information content (AvgIpc) is 1.85. The molecule has 0 aromatic heterocycles. The second kappa shape index (κ2) is 4.01. The molecule has 0 N–H and O–H groups in total. The summed E-state index contributed by atoms with van der Waals surface area (Å²) in [6, 6.07) is 0. The molecule has 0 aliphatic rings. The number of rotatable bonds is 4. The van der Waals surface area contributed by atoms with Crippen LogP contribution in [0.15, 0.2) is 12.2 Å². The minimum atomic E-state index is -4.05. The molecule has 0 rings (SSSR count). The van der Waals surface area contributed by atoms with E-state index in [2.05, 4.69) is 10.8 Å². The molecule has 12 heavy (non-hydrogen) atoms. The smallest absolute Gasteiger partial charge is 0.341 e. The van der Waals surface area contributed by atoms with Gasteiger partial charge in [0.05, 0.1) is 0 Å². The summed E-state index contributed by atoms with van der Waals surface area (Å²) in [7, 11) is -4.05. The summed E-state index contributed by atoms with van der Waals surface area (Å²) in [4.78, 5) is 20.4. The summed E-state index contributed by atoms with van der Waals surface area (Å²) in [5, 5.41) is 0. The Balaban J connectivity index is 4.36. The number of hydrogen-bond acceptors (Lipinski definition) is 5. The van der Waals surface area contributed by atoms with Crippen molar-refractivity contribution in [1.29, 1.82) is 0 Å². The lowest BCUT2D eigenvalue weighted by Gasteiger charge is -2.00. The zero-order valence-corrected chi connectivity index (χ0v) is 7.26. The molecule has 0 aromatic carbocycles. The van der Waals surface area contributed by atoms with Gasteiger partial charge in [0.2, 0.25) is 0 Å². The van der Waals surface area contributed by atoms with Crippen LogP contribution in [-0.2, 0) is 23.9 Å². The molecule has 0 spiro atoms. The molecule has 0 fully saturated rings. The van der Waals surface area contributed by atoms with Crippen LogP contribution < -0.4 is 0 Å². The summed E-state index contributed by atoms with van der Waals surface area (Å²) >= 11 is 0. The third-order valence-electron chi connectivity index (χ3n) is 0.823. The lowest BCUT2D eigenvalue weighted by Crippen LogP contribution is -2.16. The van der Waals surface area contributed by atoms with Crippen LogP contribution in [-0.4, -0.2) is 26.4 Å². The Labute approximate surface area is 70.1 Å². The highest BCUT2D eigenvalue weighted by Crippen LogP contribution is 1.98. The van der Waals surface area contributed by atoms with Crippen LogP contribution in [0.3, 0.4) is 0 Å². The zero-order chi connectivity index (χ0) is 9.78. The molecule has 0 aromatic rings. The van der Waals surface area contributed by atoms with Gasteiger partial charge >= 0.3 is 16.1 Å². The maximum atomic E-state index is 10.6. The van der Waals surface area contributed by atoms with E-state index >= 15 is 0 Å². The summed E-state index contributed by atoms with van der Waals surface area (Å²) in [5.41, 5.74) is -0.0375. The van der Waals surface area contributed by atoms with E-state index in [1.807, 2.05) is 0 Å². The van der Waals surface area contributed by atoms with Crippen LogP contribution >= 0.6 is 0 Å². The predicted molar refractivity (Wildman–Crippen MR) is 40.8 cm³/mol. The van der Waals surface area contributed by atoms with Crippen molar-refractivity contribution in [3.63, 3.8) is 0 Å². The molecule has 0 saturated carbocycles. The lowest BCUT2D eigenvalue weighted by molar-refractivity contribution is -0.129. The van der Waals surface area contributed by atoms with Gasteiger partial charge in [-0.3, -0.25) is 0 Å². The average molecular weight is 192 g/mol. The SMILES string of the molecule is C=C(C)C(=O)OS(=O)(=O)CC=O. The second-order valence-corrected chi connectivity index (χ2v) is 3.66. The van der Waals surface area contributed by atoms with Gasteiger partial charge in [-0.2, -0.15) is 8.42 Å². The molecule has 0 unspecified atom stereocenters. The third-order valence-corrected chi connectivity index (χ3v) is 1.77. The highest BCUT2D eigenvalue weighted by atomic mass is 32.2. The van der Waals surface area contributed by atoms with Crippen LogP contribution in [0.2, 0.25) is 0 Å². The maximum Gasteiger partial charge on any atom is 0.348 e. The lowest BCUT2D eigenvalue weighted by atomic mass is 10.4. The largest absolute Gasteiger partial charge is 0.348 e. The van der Waals surface area contributed by atoms with Crippen molar-refractivity contribution in [2.75, 3.05) is 5.75 Å². The van der Waals surface area contributed by atoms with Gasteiger partial charge in [-0.15, -0.1) is 0 Å². The number of carbonyl (C=O) groups is 2. The van der Waals surface area contributed by atoms with Crippen molar-refractivity contribution >= 4 is 22.4 Å². The fraction of sp³-hybridized carbons (Fsp3) is 0.333. The first-order valence-electron chi connectivity index (χ1n) is 2.94. The second-order valence-electron chi connectivity index (χ2n) is 2.04. The Morgan fingerprint density at radius 3 is 2.42 bits per heavy atom. The van der Waals surface area contributed by atoms with Gasteiger partial charge in [-0.05, 0) is 6.92 Å². The van der Waals surface area contributed by atoms with Gasteiger partial charge in [0, 0.05) is 5.57 Å². The van der Waals surface area contributed by atoms with Gasteiger partial charge in [0.15, 0.2) is 0 Å². The van der Waals surface area contributed by atoms with Crippen molar-refractivity contribution in [2.24, 2.45) is 0 Å². The number of aldehydes is 1. The Kier molecular flexibility index (Phi) is 3.62. The van der Waals surface area contributed by atoms with E-state index < -0.39 is 21.8 Å². The molecule has 0 atom stereocenters. The Morgan fingerprint density at radius 1 is 1.58 bits per heavy atom. The molecule has 0 heterocycles. The fourth-order valence-electron chi connectivity index (χ4n) is 0.304. The summed E-state index contributed by atoms with van der Waals surface area (Å²) in [6.07, 6.45) is 0.140. The monoisotopic (exact) mass is 192 g/mol. The van der Waals surface area contributed by atoms with Crippen molar-refractivity contribution < 1.29 is 22.2 Å². The molecule has 0 aliphatic heterocycles. The van der Waals surface area contributed by atoms with Crippen LogP contribution in [0.25, 0.3) is 0 Å². The van der Waals surface area contributed by atoms with Crippen LogP contribution in [0.1, 0.15) is 6.92 Å². The molecular formula is C6H8O5S. The predicted octanol–water partition coefficient (Wildman–Crippen LogP) is -0.366. The minimum Gasteiger partial charge on any atom is -0.341 e. The van der Waals surface area contributed by atoms with E-state index in [0.717, 1.165) is 0 Å². The van der Waals surface area contributed by atoms with Crippen LogP contribution in [0.4, 0.5) is 0 Å². The fourth-order valence-corrected chi connectivity index (χ4v) is 0.911. The molecule has 6 heteroatoms. The van der Waals surface area contributed by atoms with Crippen molar-refractivity contribution in [3.8, 4) is 0 Å². The summed E-state index contributed by atoms with van der Waals surface area (Å²) in [6.45, 7) is 4.48. The molecular weight excluding hydrogens is 184 g/mol. The summed E-state index contributed by atoms with van der Waals surface area (Å²) < 4.78 is 25.2. The molecule has 0 saturated heterocycles. The standard InChI is InChI=1S/C6H8O5S/c1-5(2)6(8)11-12(9,10)4-3-7/h3H,1,4H2,2H3. The van der Waals surface area contributed by atoms with Crippen LogP contribution in [0.5, 0.6) is 0 Å². The number of hydrogen-bond donors (Lipinski definition) is 0. The van der Waals surface area contributed by atoms with E-state index in [1.165, 1.54) is 6.92 Å². The minimum absolute atomic E-state index is 0.0375. The van der Waals surface area contributed by atoms with E-state index in [-0.39, 0.29) is 11.9 Å². The van der Waals surface area contributed by atoms with E-state index in [1.54, 1.807) is 0 Å². The van der Waals surface area contributed by atoms with Gasteiger partial charge in [0.25, 0.3) is 0 Å². The Hall–Kier alpha value is -1.17. The highest BCUT2D eigenvalue weighted by Gasteiger charge is 2.16. The van der Waals surface area contributed by atoms with Crippen molar-refractivity contribution in [2.45, 2.75) is 6.92 Å². The van der Waals surface area contributed by atoms with E-state index in [0.29, 0.717) is 0 Å². The topological polar surface area (TPSA) is 77.5 Å². The molecule has 0 radical (unpaired) electrons. The van der Waals surface area contributed by atoms with E-state index in [9.17, 15) is 18.0 Å².